The Morgan fingerprint density at radius 1 is 1.05 bits per heavy atom. The molecule has 0 aliphatic rings. The molecule has 0 spiro atoms. The first-order valence-electron chi connectivity index (χ1n) is 6.32. The minimum Gasteiger partial charge on any atom is -0.379 e. The third-order valence-electron chi connectivity index (χ3n) is 3.04. The molecule has 2 nitrogen and oxygen atoms in total. The Bertz CT molecular complexity index is 547. The van der Waals surface area contributed by atoms with Gasteiger partial charge < -0.3 is 10.2 Å². The summed E-state index contributed by atoms with van der Waals surface area (Å²) in [6.07, 6.45) is 0. The standard InChI is InChI=1S/C16H19ClN2/c1-12-4-6-13(7-5-12)11-18-15-10-14(17)8-9-16(15)19(2)3/h4-10,18H,11H2,1-3H3. The van der Waals surface area contributed by atoms with Crippen LogP contribution in [0.15, 0.2) is 42.5 Å². The van der Waals surface area contributed by atoms with Crippen LogP contribution < -0.4 is 10.2 Å². The van der Waals surface area contributed by atoms with E-state index < -0.39 is 0 Å². The smallest absolute Gasteiger partial charge is 0.0597 e. The highest BCUT2D eigenvalue weighted by Gasteiger charge is 2.05. The lowest BCUT2D eigenvalue weighted by Crippen LogP contribution is -2.12. The van der Waals surface area contributed by atoms with Gasteiger partial charge in [-0.05, 0) is 30.7 Å². The highest BCUT2D eigenvalue weighted by atomic mass is 35.5. The van der Waals surface area contributed by atoms with Gasteiger partial charge in [0.2, 0.25) is 0 Å². The maximum Gasteiger partial charge on any atom is 0.0597 e. The number of hydrogen-bond acceptors (Lipinski definition) is 2. The number of halogens is 1. The normalized spacial score (nSPS) is 10.3. The minimum absolute atomic E-state index is 0.747. The van der Waals surface area contributed by atoms with Crippen LogP contribution in [-0.2, 0) is 6.54 Å². The monoisotopic (exact) mass is 274 g/mol. The van der Waals surface area contributed by atoms with E-state index in [4.69, 9.17) is 11.6 Å². The van der Waals surface area contributed by atoms with Crippen LogP contribution in [0.3, 0.4) is 0 Å². The van der Waals surface area contributed by atoms with Crippen LogP contribution in [0, 0.1) is 6.92 Å². The van der Waals surface area contributed by atoms with Gasteiger partial charge in [-0.1, -0.05) is 41.4 Å². The molecule has 1 N–H and O–H groups in total. The molecule has 0 unspecified atom stereocenters. The van der Waals surface area contributed by atoms with Gasteiger partial charge in [-0.3, -0.25) is 0 Å². The highest BCUT2D eigenvalue weighted by Crippen LogP contribution is 2.28. The second-order valence-electron chi connectivity index (χ2n) is 4.90. The van der Waals surface area contributed by atoms with Gasteiger partial charge in [0.15, 0.2) is 0 Å². The Kier molecular flexibility index (Phi) is 4.33. The molecule has 0 saturated heterocycles. The Hall–Kier alpha value is -1.67. The van der Waals surface area contributed by atoms with Crippen molar-refractivity contribution in [1.29, 1.82) is 0 Å². The molecule has 0 fully saturated rings. The predicted molar refractivity (Wildman–Crippen MR) is 84.3 cm³/mol. The zero-order valence-corrected chi connectivity index (χ0v) is 12.3. The van der Waals surface area contributed by atoms with E-state index in [1.165, 1.54) is 11.1 Å². The minimum atomic E-state index is 0.747. The van der Waals surface area contributed by atoms with Gasteiger partial charge >= 0.3 is 0 Å². The molecule has 100 valence electrons. The quantitative estimate of drug-likeness (QED) is 0.893. The first-order valence-corrected chi connectivity index (χ1v) is 6.70. The molecular weight excluding hydrogens is 256 g/mol. The largest absolute Gasteiger partial charge is 0.379 e. The van der Waals surface area contributed by atoms with Crippen LogP contribution in [0.5, 0.6) is 0 Å². The van der Waals surface area contributed by atoms with Crippen molar-refractivity contribution in [3.63, 3.8) is 0 Å². The van der Waals surface area contributed by atoms with Crippen LogP contribution in [-0.4, -0.2) is 14.1 Å². The van der Waals surface area contributed by atoms with Crippen molar-refractivity contribution in [3.8, 4) is 0 Å². The number of benzene rings is 2. The Balaban J connectivity index is 2.14. The van der Waals surface area contributed by atoms with Crippen molar-refractivity contribution < 1.29 is 0 Å². The summed E-state index contributed by atoms with van der Waals surface area (Å²) in [5, 5.41) is 4.19. The Morgan fingerprint density at radius 2 is 1.74 bits per heavy atom. The molecule has 3 heteroatoms. The van der Waals surface area contributed by atoms with E-state index in [2.05, 4.69) is 41.4 Å². The molecule has 2 aromatic rings. The van der Waals surface area contributed by atoms with Gasteiger partial charge in [0, 0.05) is 25.7 Å². The number of rotatable bonds is 4. The lowest BCUT2D eigenvalue weighted by Gasteiger charge is -2.19. The summed E-state index contributed by atoms with van der Waals surface area (Å²) in [7, 11) is 4.06. The van der Waals surface area contributed by atoms with Gasteiger partial charge in [-0.2, -0.15) is 0 Å². The van der Waals surface area contributed by atoms with Crippen molar-refractivity contribution in [2.45, 2.75) is 13.5 Å². The molecule has 0 radical (unpaired) electrons. The summed E-state index contributed by atoms with van der Waals surface area (Å²) >= 11 is 6.07. The van der Waals surface area contributed by atoms with Crippen LogP contribution in [0.2, 0.25) is 5.02 Å². The lowest BCUT2D eigenvalue weighted by atomic mass is 10.1. The van der Waals surface area contributed by atoms with E-state index in [-0.39, 0.29) is 0 Å². The molecule has 0 amide bonds. The second kappa shape index (κ2) is 5.98. The fourth-order valence-corrected chi connectivity index (χ4v) is 2.12. The number of nitrogens with zero attached hydrogens (tertiary/aromatic N) is 1. The van der Waals surface area contributed by atoms with Gasteiger partial charge in [-0.25, -0.2) is 0 Å². The fourth-order valence-electron chi connectivity index (χ4n) is 1.94. The number of anilines is 2. The van der Waals surface area contributed by atoms with Crippen LogP contribution in [0.25, 0.3) is 0 Å². The van der Waals surface area contributed by atoms with Gasteiger partial charge in [0.05, 0.1) is 11.4 Å². The van der Waals surface area contributed by atoms with Crippen LogP contribution >= 0.6 is 11.6 Å². The predicted octanol–water partition coefficient (Wildman–Crippen LogP) is 4.33. The third-order valence-corrected chi connectivity index (χ3v) is 3.28. The zero-order valence-electron chi connectivity index (χ0n) is 11.6. The van der Waals surface area contributed by atoms with E-state index in [1.54, 1.807) is 0 Å². The average molecular weight is 275 g/mol. The SMILES string of the molecule is Cc1ccc(CNc2cc(Cl)ccc2N(C)C)cc1. The van der Waals surface area contributed by atoms with E-state index in [9.17, 15) is 0 Å². The molecule has 2 rings (SSSR count). The third kappa shape index (κ3) is 3.65. The molecule has 0 aliphatic heterocycles. The molecular formula is C16H19ClN2. The van der Waals surface area contributed by atoms with Crippen molar-refractivity contribution in [2.24, 2.45) is 0 Å². The summed E-state index contributed by atoms with van der Waals surface area (Å²) in [6, 6.07) is 14.4. The number of aryl methyl sites for hydroxylation is 1. The Morgan fingerprint density at radius 3 is 2.37 bits per heavy atom. The van der Waals surface area contributed by atoms with E-state index in [0.29, 0.717) is 0 Å². The van der Waals surface area contributed by atoms with Crippen molar-refractivity contribution >= 4 is 23.0 Å². The van der Waals surface area contributed by atoms with Crippen LogP contribution in [0.1, 0.15) is 11.1 Å². The summed E-state index contributed by atoms with van der Waals surface area (Å²) in [6.45, 7) is 2.89. The average Bonchev–Trinajstić information content (AvgIpc) is 2.38. The Labute approximate surface area is 120 Å². The molecule has 19 heavy (non-hydrogen) atoms. The summed E-state index contributed by atoms with van der Waals surface area (Å²) in [5.41, 5.74) is 4.73. The lowest BCUT2D eigenvalue weighted by molar-refractivity contribution is 1.10. The molecule has 0 heterocycles. The summed E-state index contributed by atoms with van der Waals surface area (Å²) in [5.74, 6) is 0. The van der Waals surface area contributed by atoms with E-state index in [1.807, 2.05) is 32.3 Å². The molecule has 0 aromatic heterocycles. The van der Waals surface area contributed by atoms with Gasteiger partial charge in [0.1, 0.15) is 0 Å². The maximum absolute atomic E-state index is 6.07. The second-order valence-corrected chi connectivity index (χ2v) is 5.33. The van der Waals surface area contributed by atoms with E-state index >= 15 is 0 Å². The maximum atomic E-state index is 6.07. The molecule has 0 saturated carbocycles. The number of hydrogen-bond donors (Lipinski definition) is 1. The van der Waals surface area contributed by atoms with Gasteiger partial charge in [0.25, 0.3) is 0 Å². The number of nitrogens with one attached hydrogen (secondary N) is 1. The molecule has 0 atom stereocenters. The highest BCUT2D eigenvalue weighted by molar-refractivity contribution is 6.31. The zero-order chi connectivity index (χ0) is 13.8. The summed E-state index contributed by atoms with van der Waals surface area (Å²) in [4.78, 5) is 2.08. The fraction of sp³-hybridized carbons (Fsp3) is 0.250. The summed E-state index contributed by atoms with van der Waals surface area (Å²) < 4.78 is 0. The first kappa shape index (κ1) is 13.8. The molecule has 0 aliphatic carbocycles. The van der Waals surface area contributed by atoms with Crippen molar-refractivity contribution in [3.05, 3.63) is 58.6 Å². The van der Waals surface area contributed by atoms with Crippen molar-refractivity contribution in [2.75, 3.05) is 24.3 Å². The topological polar surface area (TPSA) is 15.3 Å². The van der Waals surface area contributed by atoms with E-state index in [0.717, 1.165) is 22.9 Å². The van der Waals surface area contributed by atoms with Crippen LogP contribution in [0.4, 0.5) is 11.4 Å². The molecule has 0 bridgehead atoms. The van der Waals surface area contributed by atoms with Gasteiger partial charge in [-0.15, -0.1) is 0 Å². The van der Waals surface area contributed by atoms with Crippen molar-refractivity contribution in [1.82, 2.24) is 0 Å². The first-order chi connectivity index (χ1) is 9.06. The molecule has 2 aromatic carbocycles.